The molecule has 0 aromatic heterocycles. The molecule has 144 valence electrons. The number of hydrogen-bond donors (Lipinski definition) is 2. The highest BCUT2D eigenvalue weighted by atomic mass is 19.2. The number of rotatable bonds is 2. The molecule has 0 saturated heterocycles. The molecule has 0 aliphatic carbocycles. The molecule has 0 atom stereocenters. The second kappa shape index (κ2) is 6.89. The van der Waals surface area contributed by atoms with Gasteiger partial charge in [0.2, 0.25) is 11.6 Å². The summed E-state index contributed by atoms with van der Waals surface area (Å²) in [4.78, 5) is 2.69. The van der Waals surface area contributed by atoms with Gasteiger partial charge in [-0.25, -0.2) is 48.9 Å². The van der Waals surface area contributed by atoms with Crippen molar-refractivity contribution in [2.24, 2.45) is 10.7 Å². The van der Waals surface area contributed by atoms with Gasteiger partial charge in [-0.1, -0.05) is 0 Å². The van der Waals surface area contributed by atoms with Crippen LogP contribution >= 0.6 is 0 Å². The van der Waals surface area contributed by atoms with Crippen molar-refractivity contribution in [1.82, 2.24) is 0 Å². The van der Waals surface area contributed by atoms with E-state index in [0.29, 0.717) is 0 Å². The number of halogens is 10. The average molecular weight is 403 g/mol. The monoisotopic (exact) mass is 403 g/mol. The molecule has 0 bridgehead atoms. The van der Waals surface area contributed by atoms with Crippen LogP contribution in [0.15, 0.2) is 4.99 Å². The molecule has 0 fully saturated rings. The van der Waals surface area contributed by atoms with E-state index >= 15 is 0 Å². The quantitative estimate of drug-likeness (QED) is 0.259. The van der Waals surface area contributed by atoms with Crippen molar-refractivity contribution in [1.29, 1.82) is 5.41 Å². The zero-order valence-corrected chi connectivity index (χ0v) is 12.3. The van der Waals surface area contributed by atoms with Gasteiger partial charge in [0.1, 0.15) is 5.84 Å². The Bertz CT molecular complexity index is 957. The number of nitrogens with one attached hydrogen (secondary N) is 1. The zero-order valence-electron chi connectivity index (χ0n) is 12.3. The van der Waals surface area contributed by atoms with Crippen LogP contribution in [0.2, 0.25) is 0 Å². The van der Waals surface area contributed by atoms with E-state index in [1.807, 2.05) is 0 Å². The molecule has 0 heterocycles. The Kier molecular flexibility index (Phi) is 5.15. The summed E-state index contributed by atoms with van der Waals surface area (Å²) in [7, 11) is 0. The number of amidine groups is 2. The molecule has 3 N–H and O–H groups in total. The maximum absolute atomic E-state index is 13.6. The van der Waals surface area contributed by atoms with Crippen LogP contribution in [0.4, 0.5) is 43.9 Å². The lowest BCUT2D eigenvalue weighted by Crippen LogP contribution is -2.23. The SMILES string of the molecule is N=C(N=C(N)c1c(F)c(F)c(F)c(F)c1F)c1c(F)c(F)c(F)c(F)c1F. The molecule has 13 heteroatoms. The van der Waals surface area contributed by atoms with Crippen LogP contribution in [0, 0.1) is 63.6 Å². The first kappa shape index (κ1) is 20.2. The lowest BCUT2D eigenvalue weighted by atomic mass is 10.1. The van der Waals surface area contributed by atoms with Crippen LogP contribution in [0.3, 0.4) is 0 Å². The van der Waals surface area contributed by atoms with Gasteiger partial charge >= 0.3 is 0 Å². The van der Waals surface area contributed by atoms with Gasteiger partial charge < -0.3 is 5.73 Å². The normalized spacial score (nSPS) is 11.9. The van der Waals surface area contributed by atoms with E-state index in [1.54, 1.807) is 0 Å². The van der Waals surface area contributed by atoms with E-state index in [9.17, 15) is 43.9 Å². The number of aliphatic imine (C=N–C) groups is 1. The largest absolute Gasteiger partial charge is 0.383 e. The van der Waals surface area contributed by atoms with Gasteiger partial charge in [-0.15, -0.1) is 0 Å². The summed E-state index contributed by atoms with van der Waals surface area (Å²) in [6.45, 7) is 0. The molecule has 0 unspecified atom stereocenters. The third kappa shape index (κ3) is 3.08. The van der Waals surface area contributed by atoms with Crippen molar-refractivity contribution >= 4 is 11.7 Å². The predicted molar refractivity (Wildman–Crippen MR) is 70.0 cm³/mol. The summed E-state index contributed by atoms with van der Waals surface area (Å²) >= 11 is 0. The minimum absolute atomic E-state index is 1.64. The van der Waals surface area contributed by atoms with E-state index in [2.05, 4.69) is 4.99 Å². The van der Waals surface area contributed by atoms with Crippen LogP contribution in [-0.4, -0.2) is 11.7 Å². The fourth-order valence-electron chi connectivity index (χ4n) is 1.87. The van der Waals surface area contributed by atoms with Gasteiger partial charge in [0.05, 0.1) is 11.1 Å². The molecule has 2 aromatic carbocycles. The topological polar surface area (TPSA) is 62.2 Å². The minimum Gasteiger partial charge on any atom is -0.383 e. The molecule has 3 nitrogen and oxygen atoms in total. The fourth-order valence-corrected chi connectivity index (χ4v) is 1.87. The van der Waals surface area contributed by atoms with Gasteiger partial charge in [-0.05, 0) is 0 Å². The second-order valence-electron chi connectivity index (χ2n) is 4.74. The Balaban J connectivity index is 2.68. The van der Waals surface area contributed by atoms with Crippen molar-refractivity contribution in [3.05, 3.63) is 69.3 Å². The lowest BCUT2D eigenvalue weighted by molar-refractivity contribution is 0.376. The van der Waals surface area contributed by atoms with E-state index in [0.717, 1.165) is 0 Å². The van der Waals surface area contributed by atoms with E-state index in [1.165, 1.54) is 0 Å². The highest BCUT2D eigenvalue weighted by Crippen LogP contribution is 2.25. The molecular weight excluding hydrogens is 400 g/mol. The van der Waals surface area contributed by atoms with Gasteiger partial charge in [-0.2, -0.15) is 0 Å². The van der Waals surface area contributed by atoms with Crippen molar-refractivity contribution in [3.8, 4) is 0 Å². The Morgan fingerprint density at radius 3 is 1.11 bits per heavy atom. The number of nitrogens with two attached hydrogens (primary N) is 1. The molecule has 0 spiro atoms. The summed E-state index contributed by atoms with van der Waals surface area (Å²) in [5.41, 5.74) is 1.20. The Morgan fingerprint density at radius 2 is 0.778 bits per heavy atom. The summed E-state index contributed by atoms with van der Waals surface area (Å²) in [5, 5.41) is 7.24. The van der Waals surface area contributed by atoms with Gasteiger partial charge in [0.25, 0.3) is 0 Å². The molecule has 0 aliphatic rings. The molecule has 0 saturated carbocycles. The summed E-state index contributed by atoms with van der Waals surface area (Å²) in [6.07, 6.45) is 0. The Hall–Kier alpha value is -3.12. The first-order chi connectivity index (χ1) is 12.4. The van der Waals surface area contributed by atoms with Crippen LogP contribution in [-0.2, 0) is 0 Å². The van der Waals surface area contributed by atoms with Crippen molar-refractivity contribution in [3.63, 3.8) is 0 Å². The molecule has 2 aromatic rings. The van der Waals surface area contributed by atoms with Gasteiger partial charge in [0, 0.05) is 0 Å². The predicted octanol–water partition coefficient (Wildman–Crippen LogP) is 3.81. The van der Waals surface area contributed by atoms with Crippen molar-refractivity contribution in [2.45, 2.75) is 0 Å². The first-order valence-corrected chi connectivity index (χ1v) is 6.38. The number of hydrogen-bond acceptors (Lipinski definition) is 1. The molecule has 27 heavy (non-hydrogen) atoms. The van der Waals surface area contributed by atoms with E-state index in [-0.39, 0.29) is 0 Å². The third-order valence-electron chi connectivity index (χ3n) is 3.14. The van der Waals surface area contributed by atoms with E-state index in [4.69, 9.17) is 11.1 Å². The highest BCUT2D eigenvalue weighted by molar-refractivity contribution is 6.10. The Labute approximate surface area is 142 Å². The molecule has 0 radical (unpaired) electrons. The molecule has 0 amide bonds. The smallest absolute Gasteiger partial charge is 0.200 e. The third-order valence-corrected chi connectivity index (χ3v) is 3.14. The molecule has 0 aliphatic heterocycles. The lowest BCUT2D eigenvalue weighted by Gasteiger charge is -2.09. The van der Waals surface area contributed by atoms with Crippen molar-refractivity contribution < 1.29 is 43.9 Å². The summed E-state index contributed by atoms with van der Waals surface area (Å²) in [5.74, 6) is -28.4. The van der Waals surface area contributed by atoms with Crippen molar-refractivity contribution in [2.75, 3.05) is 0 Å². The standard InChI is InChI=1S/C14H3F10N3/c15-3-1(4(16)8(20)11(23)7(3)19)13(25)27-14(26)2-5(17)9(21)12(24)10(22)6(2)18/h(H3,25,26,27). The van der Waals surface area contributed by atoms with Crippen LogP contribution < -0.4 is 5.73 Å². The fraction of sp³-hybridized carbons (Fsp3) is 0. The molecule has 2 rings (SSSR count). The van der Waals surface area contributed by atoms with Crippen LogP contribution in [0.5, 0.6) is 0 Å². The van der Waals surface area contributed by atoms with Gasteiger partial charge in [-0.3, -0.25) is 5.41 Å². The first-order valence-electron chi connectivity index (χ1n) is 6.38. The highest BCUT2D eigenvalue weighted by Gasteiger charge is 2.30. The van der Waals surface area contributed by atoms with Crippen LogP contribution in [0.1, 0.15) is 11.1 Å². The minimum atomic E-state index is -2.56. The van der Waals surface area contributed by atoms with E-state index < -0.39 is 81.0 Å². The maximum atomic E-state index is 13.6. The zero-order chi connectivity index (χ0) is 20.8. The average Bonchev–Trinajstić information content (AvgIpc) is 2.61. The van der Waals surface area contributed by atoms with Crippen LogP contribution in [0.25, 0.3) is 0 Å². The van der Waals surface area contributed by atoms with Gasteiger partial charge in [0.15, 0.2) is 52.4 Å². The molecular formula is C14H3F10N3. The number of nitrogens with zero attached hydrogens (tertiary/aromatic N) is 1. The number of benzene rings is 2. The maximum Gasteiger partial charge on any atom is 0.200 e. The summed E-state index contributed by atoms with van der Waals surface area (Å²) in [6, 6.07) is 0. The second-order valence-corrected chi connectivity index (χ2v) is 4.74. The Morgan fingerprint density at radius 1 is 0.519 bits per heavy atom. The summed E-state index contributed by atoms with van der Waals surface area (Å²) < 4.78 is 133.